The highest BCUT2D eigenvalue weighted by atomic mass is 16.5. The number of aryl methyl sites for hydroxylation is 2. The van der Waals surface area contributed by atoms with Gasteiger partial charge in [-0.1, -0.05) is 23.3 Å². The summed E-state index contributed by atoms with van der Waals surface area (Å²) in [6.45, 7) is 4.03. The zero-order valence-corrected chi connectivity index (χ0v) is 12.5. The molecule has 0 aliphatic rings. The molecule has 0 aromatic heterocycles. The quantitative estimate of drug-likeness (QED) is 0.692. The normalized spacial score (nSPS) is 10.2. The summed E-state index contributed by atoms with van der Waals surface area (Å²) in [6.07, 6.45) is 0. The lowest BCUT2D eigenvalue weighted by Gasteiger charge is -2.11. The molecule has 0 radical (unpaired) electrons. The zero-order valence-electron chi connectivity index (χ0n) is 12.5. The summed E-state index contributed by atoms with van der Waals surface area (Å²) < 4.78 is 10.6. The van der Waals surface area contributed by atoms with Gasteiger partial charge in [0.15, 0.2) is 0 Å². The van der Waals surface area contributed by atoms with Crippen molar-refractivity contribution in [2.75, 3.05) is 12.8 Å². The number of methoxy groups -OCH3 is 1. The number of hydrogen-bond donors (Lipinski definition) is 1. The molecule has 2 aromatic rings. The van der Waals surface area contributed by atoms with Crippen LogP contribution in [0.1, 0.15) is 27.0 Å². The zero-order chi connectivity index (χ0) is 15.4. The van der Waals surface area contributed by atoms with Crippen molar-refractivity contribution < 1.29 is 14.3 Å². The monoisotopic (exact) mass is 285 g/mol. The molecule has 0 aliphatic heterocycles. The van der Waals surface area contributed by atoms with E-state index in [1.165, 1.54) is 0 Å². The van der Waals surface area contributed by atoms with Gasteiger partial charge in [-0.25, -0.2) is 4.79 Å². The first-order chi connectivity index (χ1) is 10.0. The first-order valence-corrected chi connectivity index (χ1v) is 6.68. The number of carbonyl (C=O) groups is 1. The highest BCUT2D eigenvalue weighted by molar-refractivity contribution is 5.95. The van der Waals surface area contributed by atoms with Crippen molar-refractivity contribution in [3.05, 3.63) is 58.7 Å². The van der Waals surface area contributed by atoms with Crippen molar-refractivity contribution in [1.82, 2.24) is 0 Å². The van der Waals surface area contributed by atoms with E-state index in [-0.39, 0.29) is 6.61 Å². The number of esters is 1. The van der Waals surface area contributed by atoms with Crippen LogP contribution in [0.5, 0.6) is 5.75 Å². The van der Waals surface area contributed by atoms with Gasteiger partial charge in [0.05, 0.1) is 12.7 Å². The molecular formula is C17H19NO3. The predicted octanol–water partition coefficient (Wildman–Crippen LogP) is 3.25. The topological polar surface area (TPSA) is 61.5 Å². The third kappa shape index (κ3) is 3.54. The van der Waals surface area contributed by atoms with Gasteiger partial charge in [0.1, 0.15) is 12.4 Å². The summed E-state index contributed by atoms with van der Waals surface area (Å²) >= 11 is 0. The fourth-order valence-electron chi connectivity index (χ4n) is 2.09. The highest BCUT2D eigenvalue weighted by Crippen LogP contribution is 2.22. The van der Waals surface area contributed by atoms with Crippen LogP contribution >= 0.6 is 0 Å². The van der Waals surface area contributed by atoms with Gasteiger partial charge < -0.3 is 15.2 Å². The minimum absolute atomic E-state index is 0.150. The largest absolute Gasteiger partial charge is 0.496 e. The van der Waals surface area contributed by atoms with Gasteiger partial charge in [-0.3, -0.25) is 0 Å². The summed E-state index contributed by atoms with van der Waals surface area (Å²) in [6, 6.07) is 11.0. The van der Waals surface area contributed by atoms with Crippen LogP contribution in [-0.2, 0) is 11.3 Å². The highest BCUT2D eigenvalue weighted by Gasteiger charge is 2.13. The SMILES string of the molecule is COc1ccc(C)cc1COC(=O)c1cc(C)ccc1N. The van der Waals surface area contributed by atoms with Gasteiger partial charge in [0.2, 0.25) is 0 Å². The molecule has 4 heteroatoms. The number of rotatable bonds is 4. The van der Waals surface area contributed by atoms with Gasteiger partial charge in [-0.15, -0.1) is 0 Å². The van der Waals surface area contributed by atoms with Crippen molar-refractivity contribution in [3.8, 4) is 5.75 Å². The average Bonchev–Trinajstić information content (AvgIpc) is 2.47. The van der Waals surface area contributed by atoms with E-state index < -0.39 is 5.97 Å². The molecule has 0 saturated heterocycles. The molecule has 4 nitrogen and oxygen atoms in total. The second-order valence-electron chi connectivity index (χ2n) is 4.98. The third-order valence-electron chi connectivity index (χ3n) is 3.22. The molecule has 0 atom stereocenters. The molecule has 21 heavy (non-hydrogen) atoms. The van der Waals surface area contributed by atoms with Crippen LogP contribution in [0.15, 0.2) is 36.4 Å². The molecule has 0 bridgehead atoms. The van der Waals surface area contributed by atoms with Crippen molar-refractivity contribution in [2.45, 2.75) is 20.5 Å². The lowest BCUT2D eigenvalue weighted by Crippen LogP contribution is -2.09. The minimum atomic E-state index is -0.431. The molecule has 0 saturated carbocycles. The Kier molecular flexibility index (Phi) is 4.48. The van der Waals surface area contributed by atoms with Gasteiger partial charge in [-0.05, 0) is 38.1 Å². The van der Waals surface area contributed by atoms with Gasteiger partial charge in [0.25, 0.3) is 0 Å². The first kappa shape index (κ1) is 14.9. The van der Waals surface area contributed by atoms with Crippen LogP contribution in [-0.4, -0.2) is 13.1 Å². The summed E-state index contributed by atoms with van der Waals surface area (Å²) in [5.74, 6) is 0.269. The van der Waals surface area contributed by atoms with Crippen LogP contribution in [0.3, 0.4) is 0 Å². The standard InChI is InChI=1S/C17H19NO3/c1-11-5-7-16(20-3)13(8-11)10-21-17(19)14-9-12(2)4-6-15(14)18/h4-9H,10,18H2,1-3H3. The van der Waals surface area contributed by atoms with Gasteiger partial charge >= 0.3 is 5.97 Å². The van der Waals surface area contributed by atoms with E-state index in [1.807, 2.05) is 38.1 Å². The predicted molar refractivity (Wildman–Crippen MR) is 82.4 cm³/mol. The fraction of sp³-hybridized carbons (Fsp3) is 0.235. The van der Waals surface area contributed by atoms with Gasteiger partial charge in [-0.2, -0.15) is 0 Å². The Morgan fingerprint density at radius 1 is 1.10 bits per heavy atom. The average molecular weight is 285 g/mol. The van der Waals surface area contributed by atoms with Crippen molar-refractivity contribution in [2.24, 2.45) is 0 Å². The van der Waals surface area contributed by atoms with E-state index >= 15 is 0 Å². The molecule has 0 amide bonds. The number of benzene rings is 2. The van der Waals surface area contributed by atoms with Gasteiger partial charge in [0, 0.05) is 11.3 Å². The smallest absolute Gasteiger partial charge is 0.340 e. The molecule has 2 rings (SSSR count). The molecule has 0 fully saturated rings. The fourth-order valence-corrected chi connectivity index (χ4v) is 2.09. The van der Waals surface area contributed by atoms with Crippen molar-refractivity contribution in [1.29, 1.82) is 0 Å². The van der Waals surface area contributed by atoms with Crippen LogP contribution < -0.4 is 10.5 Å². The molecule has 0 aliphatic carbocycles. The van der Waals surface area contributed by atoms with Crippen LogP contribution in [0.2, 0.25) is 0 Å². The lowest BCUT2D eigenvalue weighted by atomic mass is 10.1. The molecule has 110 valence electrons. The number of ether oxygens (including phenoxy) is 2. The maximum absolute atomic E-state index is 12.1. The Bertz CT molecular complexity index is 665. The second kappa shape index (κ2) is 6.31. The second-order valence-corrected chi connectivity index (χ2v) is 4.98. The van der Waals surface area contributed by atoms with E-state index in [0.717, 1.165) is 16.7 Å². The molecule has 0 spiro atoms. The maximum atomic E-state index is 12.1. The van der Waals surface area contributed by atoms with Crippen molar-refractivity contribution >= 4 is 11.7 Å². The van der Waals surface area contributed by atoms with Crippen LogP contribution in [0, 0.1) is 13.8 Å². The summed E-state index contributed by atoms with van der Waals surface area (Å²) in [7, 11) is 1.59. The van der Waals surface area contributed by atoms with E-state index in [9.17, 15) is 4.79 Å². The van der Waals surface area contributed by atoms with E-state index in [4.69, 9.17) is 15.2 Å². The Morgan fingerprint density at radius 3 is 2.48 bits per heavy atom. The molecule has 2 N–H and O–H groups in total. The van der Waals surface area contributed by atoms with E-state index in [2.05, 4.69) is 0 Å². The Morgan fingerprint density at radius 2 is 1.76 bits per heavy atom. The minimum Gasteiger partial charge on any atom is -0.496 e. The Hall–Kier alpha value is -2.49. The molecular weight excluding hydrogens is 266 g/mol. The molecule has 0 unspecified atom stereocenters. The van der Waals surface area contributed by atoms with Crippen LogP contribution in [0.4, 0.5) is 5.69 Å². The number of nitrogens with two attached hydrogens (primary N) is 1. The number of hydrogen-bond acceptors (Lipinski definition) is 4. The Labute approximate surface area is 124 Å². The van der Waals surface area contributed by atoms with Crippen LogP contribution in [0.25, 0.3) is 0 Å². The maximum Gasteiger partial charge on any atom is 0.340 e. The number of nitrogen functional groups attached to an aromatic ring is 1. The Balaban J connectivity index is 2.14. The number of carbonyl (C=O) groups excluding carboxylic acids is 1. The summed E-state index contributed by atoms with van der Waals surface area (Å²) in [5, 5.41) is 0. The summed E-state index contributed by atoms with van der Waals surface area (Å²) in [4.78, 5) is 12.1. The third-order valence-corrected chi connectivity index (χ3v) is 3.22. The van der Waals surface area contributed by atoms with Crippen molar-refractivity contribution in [3.63, 3.8) is 0 Å². The van der Waals surface area contributed by atoms with E-state index in [1.54, 1.807) is 19.2 Å². The first-order valence-electron chi connectivity index (χ1n) is 6.68. The van der Waals surface area contributed by atoms with E-state index in [0.29, 0.717) is 17.0 Å². The summed E-state index contributed by atoms with van der Waals surface area (Å²) in [5.41, 5.74) is 9.50. The lowest BCUT2D eigenvalue weighted by molar-refractivity contribution is 0.0471. The number of anilines is 1. The molecule has 0 heterocycles. The molecule has 2 aromatic carbocycles.